The Balaban J connectivity index is -0.000000120. The van der Waals surface area contributed by atoms with E-state index in [1.165, 1.54) is 14.0 Å². The van der Waals surface area contributed by atoms with E-state index in [1.54, 1.807) is 6.08 Å². The minimum absolute atomic E-state index is 0.245. The highest BCUT2D eigenvalue weighted by Crippen LogP contribution is 1.64. The molecule has 0 aliphatic rings. The van der Waals surface area contributed by atoms with Crippen molar-refractivity contribution in [2.75, 3.05) is 20.3 Å². The molecule has 0 atom stereocenters. The normalized spacial score (nSPS) is 6.85. The van der Waals surface area contributed by atoms with E-state index in [0.29, 0.717) is 0 Å². The number of hydrogen-bond acceptors (Lipinski definition) is 3. The van der Waals surface area contributed by atoms with Crippen molar-refractivity contribution < 1.29 is 14.3 Å². The molecule has 0 spiro atoms. The van der Waals surface area contributed by atoms with Gasteiger partial charge >= 0.3 is 5.97 Å². The number of hydrogen-bond donors (Lipinski definition) is 0. The Morgan fingerprint density at radius 3 is 1.62 bits per heavy atom. The van der Waals surface area contributed by atoms with Gasteiger partial charge in [0.1, 0.15) is 0 Å². The molecule has 3 nitrogen and oxygen atoms in total. The molecule has 0 saturated carbocycles. The van der Waals surface area contributed by atoms with E-state index in [0.717, 1.165) is 13.2 Å². The summed E-state index contributed by atoms with van der Waals surface area (Å²) in [7, 11) is 1.35. The monoisotopic (exact) mass is 190 g/mol. The first-order chi connectivity index (χ1) is 6.10. The van der Waals surface area contributed by atoms with Crippen LogP contribution in [0.5, 0.6) is 0 Å². The quantitative estimate of drug-likeness (QED) is 0.495. The van der Waals surface area contributed by atoms with Crippen LogP contribution >= 0.6 is 0 Å². The lowest BCUT2D eigenvalue weighted by Gasteiger charge is -1.86. The first kappa shape index (κ1) is 18.1. The predicted octanol–water partition coefficient (Wildman–Crippen LogP) is 2.41. The number of esters is 1. The highest BCUT2D eigenvalue weighted by molar-refractivity contribution is 5.65. The third-order valence-corrected chi connectivity index (χ3v) is 0.696. The summed E-state index contributed by atoms with van der Waals surface area (Å²) in [5.41, 5.74) is 0. The van der Waals surface area contributed by atoms with Crippen LogP contribution in [0, 0.1) is 0 Å². The number of allylic oxidation sites excluding steroid dienone is 1. The van der Waals surface area contributed by atoms with Gasteiger partial charge in [0, 0.05) is 20.1 Å². The van der Waals surface area contributed by atoms with Crippen molar-refractivity contribution in [3.63, 3.8) is 0 Å². The van der Waals surface area contributed by atoms with Gasteiger partial charge in [-0.05, 0) is 20.8 Å². The van der Waals surface area contributed by atoms with Crippen molar-refractivity contribution >= 4 is 5.97 Å². The van der Waals surface area contributed by atoms with Crippen LogP contribution in [0.2, 0.25) is 0 Å². The molecule has 0 heterocycles. The van der Waals surface area contributed by atoms with Gasteiger partial charge in [-0.2, -0.15) is 0 Å². The van der Waals surface area contributed by atoms with Gasteiger partial charge in [0.25, 0.3) is 0 Å². The Kier molecular flexibility index (Phi) is 31.2. The smallest absolute Gasteiger partial charge is 0.302 e. The van der Waals surface area contributed by atoms with Crippen LogP contribution in [0.15, 0.2) is 12.7 Å². The van der Waals surface area contributed by atoms with Crippen molar-refractivity contribution in [2.24, 2.45) is 0 Å². The second-order valence-corrected chi connectivity index (χ2v) is 1.89. The van der Waals surface area contributed by atoms with Crippen LogP contribution < -0.4 is 0 Å². The van der Waals surface area contributed by atoms with Crippen molar-refractivity contribution in [1.29, 1.82) is 0 Å². The van der Waals surface area contributed by atoms with E-state index in [4.69, 9.17) is 4.74 Å². The highest BCUT2D eigenvalue weighted by Gasteiger charge is 1.75. The topological polar surface area (TPSA) is 35.5 Å². The highest BCUT2D eigenvalue weighted by atomic mass is 16.5. The fraction of sp³-hybridized carbons (Fsp3) is 0.700. The molecule has 0 rings (SSSR count). The molecule has 0 aliphatic carbocycles. The summed E-state index contributed by atoms with van der Waals surface area (Å²) in [6.45, 7) is 12.3. The molecule has 0 N–H and O–H groups in total. The number of carbonyl (C=O) groups is 1. The van der Waals surface area contributed by atoms with Gasteiger partial charge < -0.3 is 9.47 Å². The lowest BCUT2D eigenvalue weighted by atomic mass is 10.8. The van der Waals surface area contributed by atoms with Gasteiger partial charge in [-0.1, -0.05) is 6.08 Å². The molecule has 3 heteroatoms. The molecule has 13 heavy (non-hydrogen) atoms. The van der Waals surface area contributed by atoms with E-state index in [2.05, 4.69) is 11.3 Å². The van der Waals surface area contributed by atoms with Gasteiger partial charge in [-0.15, -0.1) is 6.58 Å². The van der Waals surface area contributed by atoms with Crippen molar-refractivity contribution in [1.82, 2.24) is 0 Å². The summed E-state index contributed by atoms with van der Waals surface area (Å²) in [5, 5.41) is 0. The summed E-state index contributed by atoms with van der Waals surface area (Å²) < 4.78 is 8.94. The first-order valence-electron chi connectivity index (χ1n) is 4.29. The van der Waals surface area contributed by atoms with Crippen molar-refractivity contribution in [3.05, 3.63) is 12.7 Å². The second kappa shape index (κ2) is 22.5. The molecule has 0 unspecified atom stereocenters. The average molecular weight is 190 g/mol. The Hall–Kier alpha value is -0.830. The standard InChI is InChI=1S/C4H10O.C3H6O2.C3H6/c1-3-5-4-2;1-3(4)5-2;1-3-2/h3-4H2,1-2H3;1-2H3;3H,1H2,2H3. The Labute approximate surface area is 81.7 Å². The summed E-state index contributed by atoms with van der Waals surface area (Å²) in [4.78, 5) is 9.59. The largest absolute Gasteiger partial charge is 0.469 e. The molecular formula is C10H22O3. The first-order valence-corrected chi connectivity index (χ1v) is 4.29. The molecule has 0 amide bonds. The molecule has 0 aromatic carbocycles. The fourth-order valence-electron chi connectivity index (χ4n) is 0.204. The van der Waals surface area contributed by atoms with Gasteiger partial charge in [-0.25, -0.2) is 0 Å². The molecule has 0 bridgehead atoms. The van der Waals surface area contributed by atoms with E-state index in [9.17, 15) is 4.79 Å². The van der Waals surface area contributed by atoms with Crippen LogP contribution in [0.3, 0.4) is 0 Å². The number of ether oxygens (including phenoxy) is 2. The molecule has 0 aromatic heterocycles. The summed E-state index contributed by atoms with van der Waals surface area (Å²) in [6, 6.07) is 0. The minimum Gasteiger partial charge on any atom is -0.469 e. The van der Waals surface area contributed by atoms with Crippen molar-refractivity contribution in [2.45, 2.75) is 27.7 Å². The lowest BCUT2D eigenvalue weighted by Crippen LogP contribution is -1.88. The van der Waals surface area contributed by atoms with E-state index in [-0.39, 0.29) is 5.97 Å². The van der Waals surface area contributed by atoms with E-state index >= 15 is 0 Å². The number of rotatable bonds is 2. The minimum atomic E-state index is -0.245. The number of methoxy groups -OCH3 is 1. The zero-order chi connectivity index (χ0) is 11.1. The Bertz CT molecular complexity index is 98.3. The Morgan fingerprint density at radius 1 is 1.38 bits per heavy atom. The van der Waals surface area contributed by atoms with E-state index < -0.39 is 0 Å². The molecule has 80 valence electrons. The maximum absolute atomic E-state index is 9.59. The molecule has 0 saturated heterocycles. The molecule has 0 aliphatic heterocycles. The van der Waals surface area contributed by atoms with Gasteiger partial charge in [-0.3, -0.25) is 4.79 Å². The van der Waals surface area contributed by atoms with Crippen LogP contribution in [0.1, 0.15) is 27.7 Å². The van der Waals surface area contributed by atoms with Crippen LogP contribution in [-0.2, 0) is 14.3 Å². The molecule has 0 aromatic rings. The molecule has 0 radical (unpaired) electrons. The maximum Gasteiger partial charge on any atom is 0.302 e. The maximum atomic E-state index is 9.59. The molecule has 0 fully saturated rings. The summed E-state index contributed by atoms with van der Waals surface area (Å²) in [6.07, 6.45) is 1.75. The predicted molar refractivity (Wildman–Crippen MR) is 55.7 cm³/mol. The van der Waals surface area contributed by atoms with Crippen LogP contribution in [0.4, 0.5) is 0 Å². The fourth-order valence-corrected chi connectivity index (χ4v) is 0.204. The zero-order valence-electron chi connectivity index (χ0n) is 9.42. The van der Waals surface area contributed by atoms with Crippen molar-refractivity contribution in [3.8, 4) is 0 Å². The van der Waals surface area contributed by atoms with E-state index in [1.807, 2.05) is 20.8 Å². The van der Waals surface area contributed by atoms with Gasteiger partial charge in [0.15, 0.2) is 0 Å². The zero-order valence-corrected chi connectivity index (χ0v) is 9.42. The molecular weight excluding hydrogens is 168 g/mol. The number of carbonyl (C=O) groups excluding carboxylic acids is 1. The summed E-state index contributed by atoms with van der Waals surface area (Å²) in [5.74, 6) is -0.245. The third kappa shape index (κ3) is 93.5. The van der Waals surface area contributed by atoms with Gasteiger partial charge in [0.2, 0.25) is 0 Å². The summed E-state index contributed by atoms with van der Waals surface area (Å²) >= 11 is 0. The Morgan fingerprint density at radius 2 is 1.62 bits per heavy atom. The van der Waals surface area contributed by atoms with Crippen LogP contribution in [0.25, 0.3) is 0 Å². The SMILES string of the molecule is C=CC.CCOCC.COC(C)=O. The van der Waals surface area contributed by atoms with Gasteiger partial charge in [0.05, 0.1) is 7.11 Å². The lowest BCUT2D eigenvalue weighted by molar-refractivity contribution is -0.137. The second-order valence-electron chi connectivity index (χ2n) is 1.89. The average Bonchev–Trinajstić information content (AvgIpc) is 2.08. The third-order valence-electron chi connectivity index (χ3n) is 0.696. The van der Waals surface area contributed by atoms with Crippen LogP contribution in [-0.4, -0.2) is 26.3 Å².